The number of phenolic OH excluding ortho intramolecular Hbond substituents is 1. The fraction of sp³-hybridized carbons (Fsp3) is 0.333. The second-order valence-corrected chi connectivity index (χ2v) is 4.17. The van der Waals surface area contributed by atoms with Gasteiger partial charge in [0.15, 0.2) is 0 Å². The van der Waals surface area contributed by atoms with Crippen molar-refractivity contribution in [2.24, 2.45) is 0 Å². The Hall–Kier alpha value is -2.25. The van der Waals surface area contributed by atoms with Gasteiger partial charge in [0.1, 0.15) is 18.8 Å². The van der Waals surface area contributed by atoms with E-state index < -0.39 is 31.1 Å². The second kappa shape index (κ2) is 5.81. The first kappa shape index (κ1) is 15.8. The Morgan fingerprint density at radius 3 is 2.35 bits per heavy atom. The first-order valence-electron chi connectivity index (χ1n) is 5.47. The molecule has 0 radical (unpaired) electrons. The second-order valence-electron chi connectivity index (χ2n) is 4.17. The number of aryl methyl sites for hydroxylation is 1. The van der Waals surface area contributed by atoms with Crippen LogP contribution in [0.4, 0.5) is 13.2 Å². The van der Waals surface area contributed by atoms with Crippen molar-refractivity contribution in [3.8, 4) is 5.75 Å². The van der Waals surface area contributed by atoms with Crippen molar-refractivity contribution in [1.82, 2.24) is 4.90 Å². The van der Waals surface area contributed by atoms with Crippen molar-refractivity contribution in [1.29, 1.82) is 0 Å². The van der Waals surface area contributed by atoms with E-state index in [1.165, 1.54) is 13.0 Å². The van der Waals surface area contributed by atoms with Crippen molar-refractivity contribution in [2.45, 2.75) is 13.1 Å². The highest BCUT2D eigenvalue weighted by atomic mass is 19.4. The van der Waals surface area contributed by atoms with Crippen LogP contribution in [0.3, 0.4) is 0 Å². The normalized spacial score (nSPS) is 11.2. The number of benzene rings is 1. The Morgan fingerprint density at radius 1 is 1.30 bits per heavy atom. The third-order valence-electron chi connectivity index (χ3n) is 2.43. The van der Waals surface area contributed by atoms with Crippen LogP contribution in [0.1, 0.15) is 15.9 Å². The zero-order valence-electron chi connectivity index (χ0n) is 10.4. The predicted octanol–water partition coefficient (Wildman–Crippen LogP) is 1.79. The Balaban J connectivity index is 3.02. The summed E-state index contributed by atoms with van der Waals surface area (Å²) in [5.74, 6) is -2.71. The van der Waals surface area contributed by atoms with Gasteiger partial charge in [-0.3, -0.25) is 9.59 Å². The highest BCUT2D eigenvalue weighted by Gasteiger charge is 2.34. The lowest BCUT2D eigenvalue weighted by molar-refractivity contribution is -0.149. The van der Waals surface area contributed by atoms with E-state index >= 15 is 0 Å². The molecule has 0 heterocycles. The molecule has 0 aliphatic heterocycles. The van der Waals surface area contributed by atoms with Crippen LogP contribution in [-0.4, -0.2) is 46.3 Å². The number of carboxylic acids is 1. The van der Waals surface area contributed by atoms with Crippen LogP contribution in [0.2, 0.25) is 0 Å². The standard InChI is InChI=1S/C12H12F3NO4/c1-7-4-8(2-3-9(7)17)11(20)16(5-10(18)19)6-12(13,14)15/h2-4,17H,5-6H2,1H3,(H,18,19). The van der Waals surface area contributed by atoms with Gasteiger partial charge < -0.3 is 15.1 Å². The smallest absolute Gasteiger partial charge is 0.406 e. The van der Waals surface area contributed by atoms with Gasteiger partial charge >= 0.3 is 12.1 Å². The molecule has 1 rings (SSSR count). The largest absolute Gasteiger partial charge is 0.508 e. The van der Waals surface area contributed by atoms with E-state index in [0.29, 0.717) is 5.56 Å². The number of carbonyl (C=O) groups is 2. The van der Waals surface area contributed by atoms with Gasteiger partial charge in [0.05, 0.1) is 0 Å². The molecule has 0 unspecified atom stereocenters. The van der Waals surface area contributed by atoms with E-state index in [2.05, 4.69) is 0 Å². The molecule has 0 saturated carbocycles. The molecule has 0 bridgehead atoms. The third-order valence-corrected chi connectivity index (χ3v) is 2.43. The van der Waals surface area contributed by atoms with Crippen LogP contribution in [0.15, 0.2) is 18.2 Å². The molecule has 0 fully saturated rings. The molecule has 1 aromatic rings. The van der Waals surface area contributed by atoms with Crippen molar-refractivity contribution in [2.75, 3.05) is 13.1 Å². The molecule has 0 saturated heterocycles. The Kier molecular flexibility index (Phi) is 4.59. The van der Waals surface area contributed by atoms with Gasteiger partial charge in [-0.25, -0.2) is 0 Å². The van der Waals surface area contributed by atoms with Crippen LogP contribution >= 0.6 is 0 Å². The average Bonchev–Trinajstić information content (AvgIpc) is 2.28. The van der Waals surface area contributed by atoms with E-state index in [1.54, 1.807) is 0 Å². The zero-order chi connectivity index (χ0) is 15.5. The maximum Gasteiger partial charge on any atom is 0.406 e. The van der Waals surface area contributed by atoms with Crippen LogP contribution in [0.25, 0.3) is 0 Å². The van der Waals surface area contributed by atoms with Gasteiger partial charge in [-0.15, -0.1) is 0 Å². The third kappa shape index (κ3) is 4.45. The number of carbonyl (C=O) groups excluding carboxylic acids is 1. The summed E-state index contributed by atoms with van der Waals surface area (Å²) >= 11 is 0. The summed E-state index contributed by atoms with van der Waals surface area (Å²) < 4.78 is 37.0. The molecular formula is C12H12F3NO4. The van der Waals surface area contributed by atoms with E-state index in [1.807, 2.05) is 0 Å². The number of alkyl halides is 3. The number of hydrogen-bond acceptors (Lipinski definition) is 3. The average molecular weight is 291 g/mol. The van der Waals surface area contributed by atoms with E-state index in [0.717, 1.165) is 12.1 Å². The first-order chi connectivity index (χ1) is 9.10. The van der Waals surface area contributed by atoms with Gasteiger partial charge in [0.25, 0.3) is 5.91 Å². The monoisotopic (exact) mass is 291 g/mol. The number of nitrogens with zero attached hydrogens (tertiary/aromatic N) is 1. The van der Waals surface area contributed by atoms with E-state index in [-0.39, 0.29) is 16.2 Å². The van der Waals surface area contributed by atoms with Crippen LogP contribution in [0, 0.1) is 6.92 Å². The summed E-state index contributed by atoms with van der Waals surface area (Å²) in [4.78, 5) is 22.6. The highest BCUT2D eigenvalue weighted by molar-refractivity contribution is 5.96. The fourth-order valence-electron chi connectivity index (χ4n) is 1.55. The van der Waals surface area contributed by atoms with Crippen LogP contribution in [-0.2, 0) is 4.79 Å². The van der Waals surface area contributed by atoms with Crippen LogP contribution in [0.5, 0.6) is 5.75 Å². The quantitative estimate of drug-likeness (QED) is 0.886. The summed E-state index contributed by atoms with van der Waals surface area (Å²) in [6.45, 7) is -1.24. The molecule has 8 heteroatoms. The molecule has 0 aromatic heterocycles. The summed E-state index contributed by atoms with van der Waals surface area (Å²) in [6.07, 6.45) is -4.70. The maximum absolute atomic E-state index is 12.3. The topological polar surface area (TPSA) is 77.8 Å². The minimum atomic E-state index is -4.70. The molecule has 20 heavy (non-hydrogen) atoms. The molecule has 1 aromatic carbocycles. The van der Waals surface area contributed by atoms with Gasteiger partial charge in [0.2, 0.25) is 0 Å². The number of amides is 1. The van der Waals surface area contributed by atoms with Crippen molar-refractivity contribution >= 4 is 11.9 Å². The van der Waals surface area contributed by atoms with Crippen molar-refractivity contribution < 1.29 is 33.0 Å². The fourth-order valence-corrected chi connectivity index (χ4v) is 1.55. The Morgan fingerprint density at radius 2 is 1.90 bits per heavy atom. The molecule has 5 nitrogen and oxygen atoms in total. The molecule has 2 N–H and O–H groups in total. The van der Waals surface area contributed by atoms with E-state index in [4.69, 9.17) is 5.11 Å². The number of rotatable bonds is 4. The molecule has 0 atom stereocenters. The molecule has 0 aliphatic rings. The lowest BCUT2D eigenvalue weighted by atomic mass is 10.1. The van der Waals surface area contributed by atoms with Crippen molar-refractivity contribution in [3.05, 3.63) is 29.3 Å². The van der Waals surface area contributed by atoms with Gasteiger partial charge in [-0.2, -0.15) is 13.2 Å². The predicted molar refractivity (Wildman–Crippen MR) is 62.4 cm³/mol. The summed E-state index contributed by atoms with van der Waals surface area (Å²) in [7, 11) is 0. The number of hydrogen-bond donors (Lipinski definition) is 2. The van der Waals surface area contributed by atoms with Gasteiger partial charge in [0, 0.05) is 5.56 Å². The first-order valence-corrected chi connectivity index (χ1v) is 5.47. The molecule has 1 amide bonds. The van der Waals surface area contributed by atoms with E-state index in [9.17, 15) is 27.9 Å². The van der Waals surface area contributed by atoms with Gasteiger partial charge in [-0.05, 0) is 30.7 Å². The molecule has 0 spiro atoms. The Bertz CT molecular complexity index is 528. The summed E-state index contributed by atoms with van der Waals surface area (Å²) in [5.41, 5.74) is 0.184. The number of carboxylic acid groups (broad SMARTS) is 1. The number of halogens is 3. The number of aliphatic carboxylic acids is 1. The maximum atomic E-state index is 12.3. The molecule has 110 valence electrons. The minimum absolute atomic E-state index is 0.109. The lowest BCUT2D eigenvalue weighted by Gasteiger charge is -2.22. The van der Waals surface area contributed by atoms with Crippen molar-refractivity contribution in [3.63, 3.8) is 0 Å². The van der Waals surface area contributed by atoms with Crippen LogP contribution < -0.4 is 0 Å². The Labute approximate surface area is 112 Å². The highest BCUT2D eigenvalue weighted by Crippen LogP contribution is 2.21. The molecular weight excluding hydrogens is 279 g/mol. The minimum Gasteiger partial charge on any atom is -0.508 e. The lowest BCUT2D eigenvalue weighted by Crippen LogP contribution is -2.42. The number of aromatic hydroxyl groups is 1. The number of phenols is 1. The summed E-state index contributed by atoms with van der Waals surface area (Å²) in [5, 5.41) is 17.9. The molecule has 0 aliphatic carbocycles. The van der Waals surface area contributed by atoms with Gasteiger partial charge in [-0.1, -0.05) is 0 Å². The SMILES string of the molecule is Cc1cc(C(=O)N(CC(=O)O)CC(F)(F)F)ccc1O. The zero-order valence-corrected chi connectivity index (χ0v) is 10.4. The summed E-state index contributed by atoms with van der Waals surface area (Å²) in [6, 6.07) is 3.49.